The number of rotatable bonds is 4. The Morgan fingerprint density at radius 1 is 1.42 bits per heavy atom. The second kappa shape index (κ2) is 5.54. The molecule has 0 bridgehead atoms. The van der Waals surface area contributed by atoms with Gasteiger partial charge in [-0.15, -0.1) is 0 Å². The van der Waals surface area contributed by atoms with E-state index in [2.05, 4.69) is 14.7 Å². The molecule has 1 atom stereocenters. The number of nitrogens with two attached hydrogens (primary N) is 1. The van der Waals surface area contributed by atoms with E-state index in [1.807, 2.05) is 12.1 Å². The molecule has 5 nitrogen and oxygen atoms in total. The molecule has 1 aliphatic heterocycles. The Bertz CT molecular complexity index is 537. The van der Waals surface area contributed by atoms with E-state index in [-0.39, 0.29) is 0 Å². The second-order valence-electron chi connectivity index (χ2n) is 4.62. The van der Waals surface area contributed by atoms with Crippen LogP contribution in [0.15, 0.2) is 24.5 Å². The lowest BCUT2D eigenvalue weighted by molar-refractivity contribution is 0.187. The van der Waals surface area contributed by atoms with E-state index in [0.29, 0.717) is 11.7 Å². The number of hydrogen-bond donors (Lipinski definition) is 2. The summed E-state index contributed by atoms with van der Waals surface area (Å²) in [5.41, 5.74) is 8.00. The highest BCUT2D eigenvalue weighted by Crippen LogP contribution is 2.36. The molecule has 2 aromatic rings. The van der Waals surface area contributed by atoms with Crippen LogP contribution in [0.1, 0.15) is 6.42 Å². The molecule has 0 aliphatic carbocycles. The topological polar surface area (TPSA) is 73.1 Å². The molecule has 1 unspecified atom stereocenters. The first kappa shape index (κ1) is 12.4. The number of aromatic nitrogens is 2. The zero-order valence-corrected chi connectivity index (χ0v) is 11.3. The fourth-order valence-electron chi connectivity index (χ4n) is 2.20. The smallest absolute Gasteiger partial charge is 0.147 e. The maximum absolute atomic E-state index is 5.97. The van der Waals surface area contributed by atoms with Crippen molar-refractivity contribution in [1.82, 2.24) is 9.36 Å². The van der Waals surface area contributed by atoms with Crippen LogP contribution < -0.4 is 11.1 Å². The van der Waals surface area contributed by atoms with Gasteiger partial charge in [-0.2, -0.15) is 4.37 Å². The van der Waals surface area contributed by atoms with Gasteiger partial charge >= 0.3 is 0 Å². The fraction of sp³-hybridized carbons (Fsp3) is 0.385. The number of pyridine rings is 1. The van der Waals surface area contributed by atoms with Gasteiger partial charge in [0.2, 0.25) is 0 Å². The van der Waals surface area contributed by atoms with E-state index in [9.17, 15) is 0 Å². The van der Waals surface area contributed by atoms with Crippen molar-refractivity contribution in [2.24, 2.45) is 5.92 Å². The Balaban J connectivity index is 1.78. The molecule has 3 rings (SSSR count). The molecule has 2 aromatic heterocycles. The second-order valence-corrected chi connectivity index (χ2v) is 5.39. The van der Waals surface area contributed by atoms with Crippen molar-refractivity contribution in [3.63, 3.8) is 0 Å². The standard InChI is InChI=1S/C13H16N4OS/c14-12-11(10-1-4-15-5-2-10)13(19-17-12)16-7-9-3-6-18-8-9/h1-2,4-5,9,16H,3,6-8H2,(H2,14,17). The largest absolute Gasteiger partial charge is 0.382 e. The molecule has 19 heavy (non-hydrogen) atoms. The lowest BCUT2D eigenvalue weighted by Crippen LogP contribution is -2.13. The summed E-state index contributed by atoms with van der Waals surface area (Å²) in [6.07, 6.45) is 4.65. The predicted molar refractivity (Wildman–Crippen MR) is 77.2 cm³/mol. The molecule has 0 spiro atoms. The van der Waals surface area contributed by atoms with Gasteiger partial charge in [0.25, 0.3) is 0 Å². The monoisotopic (exact) mass is 276 g/mol. The summed E-state index contributed by atoms with van der Waals surface area (Å²) in [6.45, 7) is 2.61. The van der Waals surface area contributed by atoms with Crippen LogP contribution >= 0.6 is 11.5 Å². The minimum absolute atomic E-state index is 0.571. The first-order valence-corrected chi connectivity index (χ1v) is 7.09. The molecular weight excluding hydrogens is 260 g/mol. The van der Waals surface area contributed by atoms with Crippen LogP contribution in [0.5, 0.6) is 0 Å². The van der Waals surface area contributed by atoms with Crippen molar-refractivity contribution in [3.8, 4) is 11.1 Å². The van der Waals surface area contributed by atoms with Gasteiger partial charge in [0, 0.05) is 31.5 Å². The van der Waals surface area contributed by atoms with E-state index < -0.39 is 0 Å². The molecule has 1 fully saturated rings. The van der Waals surface area contributed by atoms with Crippen molar-refractivity contribution < 1.29 is 4.74 Å². The van der Waals surface area contributed by atoms with Crippen LogP contribution in [-0.2, 0) is 4.74 Å². The third kappa shape index (κ3) is 2.69. The first-order valence-electron chi connectivity index (χ1n) is 6.32. The minimum atomic E-state index is 0.571. The highest BCUT2D eigenvalue weighted by atomic mass is 32.1. The van der Waals surface area contributed by atoms with Crippen molar-refractivity contribution in [1.29, 1.82) is 0 Å². The minimum Gasteiger partial charge on any atom is -0.382 e. The van der Waals surface area contributed by atoms with Gasteiger partial charge in [-0.25, -0.2) is 0 Å². The normalized spacial score (nSPS) is 18.6. The molecule has 3 heterocycles. The summed E-state index contributed by atoms with van der Waals surface area (Å²) in [7, 11) is 0. The number of ether oxygens (including phenoxy) is 1. The van der Waals surface area contributed by atoms with Crippen LogP contribution in [0.3, 0.4) is 0 Å². The van der Waals surface area contributed by atoms with Crippen LogP contribution in [0.2, 0.25) is 0 Å². The van der Waals surface area contributed by atoms with E-state index in [0.717, 1.165) is 42.3 Å². The van der Waals surface area contributed by atoms with Crippen LogP contribution in [0.25, 0.3) is 11.1 Å². The molecule has 0 aromatic carbocycles. The average Bonchev–Trinajstić information content (AvgIpc) is 3.07. The summed E-state index contributed by atoms with van der Waals surface area (Å²) < 4.78 is 9.62. The summed E-state index contributed by atoms with van der Waals surface area (Å²) in [5.74, 6) is 1.15. The van der Waals surface area contributed by atoms with Gasteiger partial charge in [0.1, 0.15) is 10.8 Å². The quantitative estimate of drug-likeness (QED) is 0.896. The van der Waals surface area contributed by atoms with E-state index >= 15 is 0 Å². The summed E-state index contributed by atoms with van der Waals surface area (Å²) in [4.78, 5) is 4.03. The molecule has 100 valence electrons. The summed E-state index contributed by atoms with van der Waals surface area (Å²) >= 11 is 1.41. The first-order chi connectivity index (χ1) is 9.34. The third-order valence-corrected chi connectivity index (χ3v) is 4.08. The van der Waals surface area contributed by atoms with Crippen molar-refractivity contribution in [3.05, 3.63) is 24.5 Å². The molecule has 0 radical (unpaired) electrons. The highest BCUT2D eigenvalue weighted by Gasteiger charge is 2.18. The molecule has 6 heteroatoms. The van der Waals surface area contributed by atoms with Crippen LogP contribution in [0.4, 0.5) is 10.8 Å². The average molecular weight is 276 g/mol. The lowest BCUT2D eigenvalue weighted by atomic mass is 10.1. The van der Waals surface area contributed by atoms with E-state index in [1.54, 1.807) is 12.4 Å². The molecular formula is C13H16N4OS. The van der Waals surface area contributed by atoms with Crippen molar-refractivity contribution in [2.75, 3.05) is 30.8 Å². The SMILES string of the molecule is Nc1nsc(NCC2CCOC2)c1-c1ccncc1. The van der Waals surface area contributed by atoms with Gasteiger partial charge in [0.05, 0.1) is 12.2 Å². The number of nitrogen functional groups attached to an aromatic ring is 1. The van der Waals surface area contributed by atoms with Gasteiger partial charge in [0.15, 0.2) is 0 Å². The Hall–Kier alpha value is -1.66. The number of nitrogens with zero attached hydrogens (tertiary/aromatic N) is 2. The Labute approximate surface area is 116 Å². The van der Waals surface area contributed by atoms with Crippen LogP contribution in [-0.4, -0.2) is 29.1 Å². The third-order valence-electron chi connectivity index (χ3n) is 3.26. The fourth-order valence-corrected chi connectivity index (χ4v) is 2.94. The number of nitrogens with one attached hydrogen (secondary N) is 1. The maximum atomic E-state index is 5.97. The Morgan fingerprint density at radius 3 is 3.00 bits per heavy atom. The zero-order valence-electron chi connectivity index (χ0n) is 10.5. The van der Waals surface area contributed by atoms with Crippen LogP contribution in [0, 0.1) is 5.92 Å². The zero-order chi connectivity index (χ0) is 13.1. The van der Waals surface area contributed by atoms with Gasteiger partial charge in [-0.1, -0.05) is 0 Å². The summed E-state index contributed by atoms with van der Waals surface area (Å²) in [5, 5.41) is 4.47. The Kier molecular flexibility index (Phi) is 3.61. The summed E-state index contributed by atoms with van der Waals surface area (Å²) in [6, 6.07) is 3.90. The molecule has 0 saturated carbocycles. The van der Waals surface area contributed by atoms with E-state index in [1.165, 1.54) is 11.5 Å². The van der Waals surface area contributed by atoms with E-state index in [4.69, 9.17) is 10.5 Å². The van der Waals surface area contributed by atoms with Gasteiger partial charge in [-0.05, 0) is 35.6 Å². The Morgan fingerprint density at radius 2 is 2.26 bits per heavy atom. The molecule has 3 N–H and O–H groups in total. The molecule has 1 aliphatic rings. The lowest BCUT2D eigenvalue weighted by Gasteiger charge is -2.10. The van der Waals surface area contributed by atoms with Gasteiger partial charge in [-0.3, -0.25) is 4.98 Å². The molecule has 0 amide bonds. The maximum Gasteiger partial charge on any atom is 0.147 e. The highest BCUT2D eigenvalue weighted by molar-refractivity contribution is 7.11. The molecule has 1 saturated heterocycles. The van der Waals surface area contributed by atoms with Crippen molar-refractivity contribution in [2.45, 2.75) is 6.42 Å². The number of hydrogen-bond acceptors (Lipinski definition) is 6. The number of anilines is 2. The van der Waals surface area contributed by atoms with Gasteiger partial charge < -0.3 is 15.8 Å². The predicted octanol–water partition coefficient (Wildman–Crippen LogP) is 2.24. The van der Waals surface area contributed by atoms with Crippen molar-refractivity contribution >= 4 is 22.4 Å².